The van der Waals surface area contributed by atoms with Crippen molar-refractivity contribution in [2.45, 2.75) is 18.4 Å². The van der Waals surface area contributed by atoms with E-state index in [1.54, 1.807) is 23.2 Å². The van der Waals surface area contributed by atoms with Crippen LogP contribution in [0, 0.1) is 0 Å². The summed E-state index contributed by atoms with van der Waals surface area (Å²) >= 11 is 3.25. The summed E-state index contributed by atoms with van der Waals surface area (Å²) in [5, 5.41) is 4.89. The van der Waals surface area contributed by atoms with Gasteiger partial charge in [-0.3, -0.25) is 14.9 Å². The molecule has 110 valence electrons. The average Bonchev–Trinajstić information content (AvgIpc) is 2.72. The number of nitrogens with one attached hydrogen (secondary N) is 2. The molecule has 7 nitrogen and oxygen atoms in total. The van der Waals surface area contributed by atoms with Crippen molar-refractivity contribution < 1.29 is 14.4 Å². The van der Waals surface area contributed by atoms with E-state index in [2.05, 4.69) is 31.5 Å². The topological polar surface area (TPSA) is 91.4 Å². The van der Waals surface area contributed by atoms with Gasteiger partial charge in [0, 0.05) is 12.7 Å². The van der Waals surface area contributed by atoms with Gasteiger partial charge in [-0.05, 0) is 40.9 Å². The number of halogens is 1. The highest BCUT2D eigenvalue weighted by molar-refractivity contribution is 9.10. The van der Waals surface area contributed by atoms with Crippen molar-refractivity contribution in [1.29, 1.82) is 0 Å². The van der Waals surface area contributed by atoms with Gasteiger partial charge in [0.2, 0.25) is 0 Å². The summed E-state index contributed by atoms with van der Waals surface area (Å²) in [4.78, 5) is 41.5. The Kier molecular flexibility index (Phi) is 3.40. The monoisotopic (exact) mass is 352 g/mol. The van der Waals surface area contributed by atoms with Crippen molar-refractivity contribution in [2.75, 3.05) is 13.1 Å². The molecule has 2 N–H and O–H groups in total. The Morgan fingerprint density at radius 1 is 1.43 bits per heavy atom. The maximum Gasteiger partial charge on any atom is 0.322 e. The number of hydrogen-bond acceptors (Lipinski definition) is 4. The maximum atomic E-state index is 12.6. The number of likely N-dealkylation sites (tertiary alicyclic amines) is 1. The molecule has 0 aromatic carbocycles. The lowest BCUT2D eigenvalue weighted by Crippen LogP contribution is -2.59. The zero-order chi connectivity index (χ0) is 15.0. The van der Waals surface area contributed by atoms with E-state index in [1.165, 1.54) is 0 Å². The lowest BCUT2D eigenvalue weighted by Gasteiger charge is -2.38. The molecule has 1 unspecified atom stereocenters. The number of piperidine rings is 1. The number of hydrogen-bond donors (Lipinski definition) is 2. The van der Waals surface area contributed by atoms with Crippen LogP contribution in [0.2, 0.25) is 0 Å². The summed E-state index contributed by atoms with van der Waals surface area (Å²) in [7, 11) is 0. The molecule has 1 atom stereocenters. The molecule has 21 heavy (non-hydrogen) atoms. The van der Waals surface area contributed by atoms with Crippen LogP contribution in [-0.2, 0) is 4.79 Å². The molecule has 0 bridgehead atoms. The first-order chi connectivity index (χ1) is 10.0. The third-order valence-electron chi connectivity index (χ3n) is 3.78. The first-order valence-electron chi connectivity index (χ1n) is 6.55. The van der Waals surface area contributed by atoms with Crippen LogP contribution in [0.25, 0.3) is 0 Å². The van der Waals surface area contributed by atoms with Gasteiger partial charge in [0.25, 0.3) is 11.8 Å². The van der Waals surface area contributed by atoms with E-state index < -0.39 is 11.6 Å². The van der Waals surface area contributed by atoms with Gasteiger partial charge in [-0.15, -0.1) is 0 Å². The zero-order valence-corrected chi connectivity index (χ0v) is 12.6. The predicted octanol–water partition coefficient (Wildman–Crippen LogP) is 0.658. The van der Waals surface area contributed by atoms with Crippen molar-refractivity contribution in [3.05, 3.63) is 28.5 Å². The van der Waals surface area contributed by atoms with Crippen LogP contribution < -0.4 is 10.6 Å². The molecular formula is C13H13BrN4O3. The highest BCUT2D eigenvalue weighted by Gasteiger charge is 2.49. The number of imide groups is 1. The van der Waals surface area contributed by atoms with E-state index in [9.17, 15) is 14.4 Å². The molecule has 2 saturated heterocycles. The standard InChI is InChI=1S/C13H13BrN4O3/c14-9-8(3-1-5-15-9)10(19)18-6-2-4-13(7-18)11(20)16-12(21)17-13/h1,3,5H,2,4,6-7H2,(H2,16,17,20,21). The van der Waals surface area contributed by atoms with Gasteiger partial charge < -0.3 is 10.2 Å². The molecule has 4 amide bonds. The molecular weight excluding hydrogens is 340 g/mol. The fraction of sp³-hybridized carbons (Fsp3) is 0.385. The van der Waals surface area contributed by atoms with Gasteiger partial charge in [-0.25, -0.2) is 9.78 Å². The Bertz CT molecular complexity index is 636. The van der Waals surface area contributed by atoms with Crippen molar-refractivity contribution >= 4 is 33.8 Å². The maximum absolute atomic E-state index is 12.6. The van der Waals surface area contributed by atoms with Gasteiger partial charge in [0.15, 0.2) is 0 Å². The lowest BCUT2D eigenvalue weighted by molar-refractivity contribution is -0.125. The number of amides is 4. The molecule has 1 aromatic heterocycles. The van der Waals surface area contributed by atoms with Crippen LogP contribution in [0.1, 0.15) is 23.2 Å². The fourth-order valence-corrected chi connectivity index (χ4v) is 3.18. The number of urea groups is 1. The van der Waals surface area contributed by atoms with Crippen LogP contribution in [0.5, 0.6) is 0 Å². The van der Waals surface area contributed by atoms with Crippen LogP contribution >= 0.6 is 15.9 Å². The Balaban J connectivity index is 1.84. The highest BCUT2D eigenvalue weighted by atomic mass is 79.9. The minimum absolute atomic E-state index is 0.171. The molecule has 2 fully saturated rings. The summed E-state index contributed by atoms with van der Waals surface area (Å²) in [5.74, 6) is -0.571. The zero-order valence-electron chi connectivity index (χ0n) is 11.1. The van der Waals surface area contributed by atoms with Crippen LogP contribution in [0.4, 0.5) is 4.79 Å². The number of carbonyl (C=O) groups excluding carboxylic acids is 3. The number of pyridine rings is 1. The van der Waals surface area contributed by atoms with Crippen molar-refractivity contribution in [3.8, 4) is 0 Å². The molecule has 3 rings (SSSR count). The molecule has 0 saturated carbocycles. The summed E-state index contributed by atoms with van der Waals surface area (Å²) in [6.07, 6.45) is 2.77. The molecule has 1 aromatic rings. The number of carbonyl (C=O) groups is 3. The third-order valence-corrected chi connectivity index (χ3v) is 4.42. The van der Waals surface area contributed by atoms with Gasteiger partial charge in [0.05, 0.1) is 12.1 Å². The predicted molar refractivity (Wildman–Crippen MR) is 76.5 cm³/mol. The SMILES string of the molecule is O=C1NC(=O)C2(CCCN(C(=O)c3cccnc3Br)C2)N1. The van der Waals surface area contributed by atoms with E-state index in [4.69, 9.17) is 0 Å². The quantitative estimate of drug-likeness (QED) is 0.573. The second-order valence-corrected chi connectivity index (χ2v) is 5.91. The van der Waals surface area contributed by atoms with Gasteiger partial charge in [0.1, 0.15) is 10.1 Å². The largest absolute Gasteiger partial charge is 0.336 e. The van der Waals surface area contributed by atoms with E-state index >= 15 is 0 Å². The number of rotatable bonds is 1. The smallest absolute Gasteiger partial charge is 0.322 e. The van der Waals surface area contributed by atoms with E-state index in [0.29, 0.717) is 29.6 Å². The molecule has 0 aliphatic carbocycles. The first-order valence-corrected chi connectivity index (χ1v) is 7.34. The van der Waals surface area contributed by atoms with Gasteiger partial charge in [-0.2, -0.15) is 0 Å². The minimum atomic E-state index is -1.00. The van der Waals surface area contributed by atoms with Crippen LogP contribution in [-0.4, -0.2) is 46.4 Å². The summed E-state index contributed by atoms with van der Waals surface area (Å²) < 4.78 is 0.467. The normalized spacial score (nSPS) is 24.9. The van der Waals surface area contributed by atoms with Crippen molar-refractivity contribution in [1.82, 2.24) is 20.5 Å². The van der Waals surface area contributed by atoms with Gasteiger partial charge >= 0.3 is 6.03 Å². The van der Waals surface area contributed by atoms with E-state index in [0.717, 1.165) is 0 Å². The van der Waals surface area contributed by atoms with Crippen LogP contribution in [0.3, 0.4) is 0 Å². The Hall–Kier alpha value is -1.96. The third kappa shape index (κ3) is 2.39. The highest BCUT2D eigenvalue weighted by Crippen LogP contribution is 2.26. The average molecular weight is 353 g/mol. The molecule has 3 heterocycles. The number of aromatic nitrogens is 1. The summed E-state index contributed by atoms with van der Waals surface area (Å²) in [6, 6.07) is 2.85. The Morgan fingerprint density at radius 3 is 2.90 bits per heavy atom. The van der Waals surface area contributed by atoms with Crippen LogP contribution in [0.15, 0.2) is 22.9 Å². The first kappa shape index (κ1) is 14.0. The Morgan fingerprint density at radius 2 is 2.24 bits per heavy atom. The fourth-order valence-electron chi connectivity index (χ4n) is 2.76. The van der Waals surface area contributed by atoms with Gasteiger partial charge in [-0.1, -0.05) is 0 Å². The minimum Gasteiger partial charge on any atom is -0.336 e. The molecule has 8 heteroatoms. The van der Waals surface area contributed by atoms with E-state index in [1.807, 2.05) is 0 Å². The summed E-state index contributed by atoms with van der Waals surface area (Å²) in [5.41, 5.74) is -0.557. The van der Waals surface area contributed by atoms with Crippen molar-refractivity contribution in [3.63, 3.8) is 0 Å². The van der Waals surface area contributed by atoms with Crippen molar-refractivity contribution in [2.24, 2.45) is 0 Å². The molecule has 0 radical (unpaired) electrons. The molecule has 2 aliphatic rings. The second-order valence-electron chi connectivity index (χ2n) is 5.16. The number of nitrogens with zero attached hydrogens (tertiary/aromatic N) is 2. The Labute approximate surface area is 129 Å². The lowest BCUT2D eigenvalue weighted by atomic mass is 9.89. The molecule has 1 spiro atoms. The van der Waals surface area contributed by atoms with E-state index in [-0.39, 0.29) is 18.4 Å². The summed E-state index contributed by atoms with van der Waals surface area (Å²) in [6.45, 7) is 0.718. The second kappa shape index (κ2) is 5.10. The molecule has 2 aliphatic heterocycles.